The highest BCUT2D eigenvalue weighted by atomic mass is 31.3. The average molecular weight is 516 g/mol. The Morgan fingerprint density at radius 2 is 1.61 bits per heavy atom. The SMILES string of the molecule is CO[C@@H]1[C@H](O)[C@@H](CO)O[C@H]1n1ccc(=O)[nH]c1=O.O=P(O)(O)OP(=O)(O)OP(=O)(O)O. The van der Waals surface area contributed by atoms with E-state index in [0.717, 1.165) is 10.6 Å². The molecule has 0 bridgehead atoms. The lowest BCUT2D eigenvalue weighted by Gasteiger charge is -2.19. The maximum absolute atomic E-state index is 11.6. The molecular weight excluding hydrogens is 497 g/mol. The number of methoxy groups -OCH3 is 1. The molecule has 1 fully saturated rings. The molecule has 0 saturated carbocycles. The van der Waals surface area contributed by atoms with Gasteiger partial charge in [-0.25, -0.2) is 18.5 Å². The van der Waals surface area contributed by atoms with Gasteiger partial charge < -0.3 is 44.2 Å². The molecule has 1 aliphatic rings. The quantitative estimate of drug-likeness (QED) is 0.169. The van der Waals surface area contributed by atoms with Gasteiger partial charge in [0.1, 0.15) is 18.3 Å². The fraction of sp³-hybridized carbons (Fsp3) is 0.600. The number of rotatable bonds is 7. The molecule has 18 nitrogen and oxygen atoms in total. The number of aromatic amines is 1. The van der Waals surface area contributed by atoms with Gasteiger partial charge in [0.25, 0.3) is 5.56 Å². The zero-order valence-electron chi connectivity index (χ0n) is 15.3. The standard InChI is InChI=1S/C10H14N2O6.H5O10P3/c1-17-8-7(15)5(4-13)18-9(8)12-3-2-6(14)11-10(12)16;1-11(2,3)9-13(7,8)10-12(4,5)6/h2-3,5,7-9,13,15H,4H2,1H3,(H,11,14,16);(H,7,8)(H2,1,2,3)(H2,4,5,6)/t5-,7-,8-,9-;/m1./s1. The number of phosphoric acid groups is 3. The van der Waals surface area contributed by atoms with Crippen LogP contribution in [0.3, 0.4) is 0 Å². The summed E-state index contributed by atoms with van der Waals surface area (Å²) in [5, 5.41) is 18.9. The highest BCUT2D eigenvalue weighted by Crippen LogP contribution is 2.64. The number of aliphatic hydroxyl groups is 2. The van der Waals surface area contributed by atoms with Crippen LogP contribution in [0.5, 0.6) is 0 Å². The molecule has 1 aromatic rings. The Bertz CT molecular complexity index is 966. The van der Waals surface area contributed by atoms with Crippen molar-refractivity contribution >= 4 is 23.5 Å². The molecule has 1 aliphatic heterocycles. The van der Waals surface area contributed by atoms with Crippen LogP contribution in [0.25, 0.3) is 0 Å². The molecular formula is C10H19N2O16P3. The van der Waals surface area contributed by atoms with E-state index in [2.05, 4.69) is 13.6 Å². The number of hydrogen-bond donors (Lipinski definition) is 8. The van der Waals surface area contributed by atoms with E-state index in [4.69, 9.17) is 39.0 Å². The molecule has 21 heteroatoms. The smallest absolute Gasteiger partial charge is 0.394 e. The second-order valence-corrected chi connectivity index (χ2v) is 9.77. The van der Waals surface area contributed by atoms with E-state index in [1.807, 2.05) is 0 Å². The molecule has 0 radical (unpaired) electrons. The molecule has 2 heterocycles. The first kappa shape index (κ1) is 28.0. The minimum absolute atomic E-state index is 0.393. The van der Waals surface area contributed by atoms with Crippen molar-refractivity contribution in [2.45, 2.75) is 24.5 Å². The summed E-state index contributed by atoms with van der Waals surface area (Å²) in [6, 6.07) is 1.16. The molecule has 8 N–H and O–H groups in total. The van der Waals surface area contributed by atoms with Crippen molar-refractivity contribution in [2.24, 2.45) is 0 Å². The van der Waals surface area contributed by atoms with Crippen LogP contribution in [0.2, 0.25) is 0 Å². The minimum Gasteiger partial charge on any atom is -0.394 e. The van der Waals surface area contributed by atoms with Crippen LogP contribution >= 0.6 is 23.5 Å². The number of aliphatic hydroxyl groups excluding tert-OH is 2. The van der Waals surface area contributed by atoms with Crippen LogP contribution in [0, 0.1) is 0 Å². The second kappa shape index (κ2) is 10.7. The van der Waals surface area contributed by atoms with Crippen molar-refractivity contribution in [3.8, 4) is 0 Å². The summed E-state index contributed by atoms with van der Waals surface area (Å²) in [5.74, 6) is 0. The average Bonchev–Trinajstić information content (AvgIpc) is 2.86. The first-order chi connectivity index (χ1) is 14.0. The molecule has 2 rings (SSSR count). The van der Waals surface area contributed by atoms with Crippen molar-refractivity contribution in [3.05, 3.63) is 33.1 Å². The van der Waals surface area contributed by atoms with Crippen LogP contribution in [0.1, 0.15) is 6.23 Å². The Kier molecular flexibility index (Phi) is 9.65. The largest absolute Gasteiger partial charge is 0.490 e. The number of aromatic nitrogens is 2. The zero-order chi connectivity index (χ0) is 24.2. The Morgan fingerprint density at radius 1 is 1.10 bits per heavy atom. The number of nitrogens with zero attached hydrogens (tertiary/aromatic N) is 1. The van der Waals surface area contributed by atoms with Gasteiger partial charge in [0.2, 0.25) is 0 Å². The topological polar surface area (TPSA) is 285 Å². The lowest BCUT2D eigenvalue weighted by atomic mass is 10.1. The summed E-state index contributed by atoms with van der Waals surface area (Å²) in [6.45, 7) is -0.393. The van der Waals surface area contributed by atoms with E-state index in [-0.39, 0.29) is 0 Å². The third-order valence-corrected chi connectivity index (χ3v) is 6.66. The maximum Gasteiger partial charge on any atom is 0.490 e. The molecule has 4 atom stereocenters. The van der Waals surface area contributed by atoms with E-state index < -0.39 is 65.9 Å². The van der Waals surface area contributed by atoms with E-state index in [1.165, 1.54) is 13.3 Å². The van der Waals surface area contributed by atoms with Gasteiger partial charge in [-0.05, 0) is 0 Å². The van der Waals surface area contributed by atoms with Gasteiger partial charge >= 0.3 is 29.2 Å². The van der Waals surface area contributed by atoms with Crippen LogP contribution in [0.15, 0.2) is 21.9 Å². The predicted molar refractivity (Wildman–Crippen MR) is 95.2 cm³/mol. The van der Waals surface area contributed by atoms with Crippen LogP contribution in [-0.2, 0) is 31.8 Å². The molecule has 0 aromatic carbocycles. The van der Waals surface area contributed by atoms with E-state index in [0.29, 0.717) is 0 Å². The van der Waals surface area contributed by atoms with Crippen molar-refractivity contribution in [2.75, 3.05) is 13.7 Å². The Balaban J connectivity index is 0.000000330. The van der Waals surface area contributed by atoms with Gasteiger partial charge in [0.05, 0.1) is 6.61 Å². The molecule has 1 saturated heterocycles. The van der Waals surface area contributed by atoms with Crippen LogP contribution in [-0.4, -0.2) is 76.3 Å². The van der Waals surface area contributed by atoms with E-state index >= 15 is 0 Å². The predicted octanol–water partition coefficient (Wildman–Crippen LogP) is -2.89. The van der Waals surface area contributed by atoms with Crippen molar-refractivity contribution in [3.63, 3.8) is 0 Å². The number of hydrogen-bond acceptors (Lipinski definition) is 11. The summed E-state index contributed by atoms with van der Waals surface area (Å²) in [7, 11) is -14.8. The third-order valence-electron chi connectivity index (χ3n) is 3.31. The number of H-pyrrole nitrogens is 1. The van der Waals surface area contributed by atoms with Crippen molar-refractivity contribution < 1.29 is 66.5 Å². The summed E-state index contributed by atoms with van der Waals surface area (Å²) in [6.07, 6.45) is -2.33. The Labute approximate surface area is 171 Å². The van der Waals surface area contributed by atoms with E-state index in [9.17, 15) is 28.4 Å². The molecule has 0 spiro atoms. The van der Waals surface area contributed by atoms with Crippen LogP contribution in [0.4, 0.5) is 0 Å². The first-order valence-corrected chi connectivity index (χ1v) is 12.2. The third kappa shape index (κ3) is 9.13. The van der Waals surface area contributed by atoms with Gasteiger partial charge in [-0.3, -0.25) is 14.3 Å². The molecule has 0 unspecified atom stereocenters. The van der Waals surface area contributed by atoms with Gasteiger partial charge in [-0.2, -0.15) is 8.62 Å². The lowest BCUT2D eigenvalue weighted by Crippen LogP contribution is -2.38. The highest BCUT2D eigenvalue weighted by molar-refractivity contribution is 7.66. The zero-order valence-corrected chi connectivity index (χ0v) is 17.9. The van der Waals surface area contributed by atoms with Crippen molar-refractivity contribution in [1.29, 1.82) is 0 Å². The van der Waals surface area contributed by atoms with Crippen LogP contribution < -0.4 is 11.2 Å². The van der Waals surface area contributed by atoms with Gasteiger partial charge in [0, 0.05) is 19.4 Å². The minimum atomic E-state index is -5.46. The van der Waals surface area contributed by atoms with Gasteiger partial charge in [-0.1, -0.05) is 0 Å². The molecule has 31 heavy (non-hydrogen) atoms. The monoisotopic (exact) mass is 516 g/mol. The number of ether oxygens (including phenoxy) is 2. The maximum atomic E-state index is 11.6. The summed E-state index contributed by atoms with van der Waals surface area (Å²) in [4.78, 5) is 64.9. The molecule has 180 valence electrons. The Hall–Kier alpha value is -1.07. The summed E-state index contributed by atoms with van der Waals surface area (Å²) < 4.78 is 47.9. The summed E-state index contributed by atoms with van der Waals surface area (Å²) >= 11 is 0. The highest BCUT2D eigenvalue weighted by Gasteiger charge is 2.45. The summed E-state index contributed by atoms with van der Waals surface area (Å²) in [5.41, 5.74) is -1.19. The van der Waals surface area contributed by atoms with Crippen molar-refractivity contribution in [1.82, 2.24) is 9.55 Å². The molecule has 0 aliphatic carbocycles. The molecule has 0 amide bonds. The fourth-order valence-corrected chi connectivity index (χ4v) is 4.80. The fourth-order valence-electron chi connectivity index (χ4n) is 2.26. The first-order valence-electron chi connectivity index (χ1n) is 7.65. The van der Waals surface area contributed by atoms with E-state index in [1.54, 1.807) is 0 Å². The second-order valence-electron chi connectivity index (χ2n) is 5.57. The van der Waals surface area contributed by atoms with Gasteiger partial charge in [-0.15, -0.1) is 0 Å². The normalized spacial score (nSPS) is 24.5. The Morgan fingerprint density at radius 3 is 2.00 bits per heavy atom. The van der Waals surface area contributed by atoms with Gasteiger partial charge in [0.15, 0.2) is 6.23 Å². The lowest BCUT2D eigenvalue weighted by molar-refractivity contribution is -0.0625. The molecule has 1 aromatic heterocycles. The number of nitrogens with one attached hydrogen (secondary N) is 1.